The van der Waals surface area contributed by atoms with Crippen molar-refractivity contribution in [1.29, 1.82) is 0 Å². The molecular weight excluding hydrogens is 154 g/mol. The Balaban J connectivity index is 2.01. The number of ether oxygens (including phenoxy) is 1. The predicted octanol–water partition coefficient (Wildman–Crippen LogP) is 1.84. The summed E-state index contributed by atoms with van der Waals surface area (Å²) in [7, 11) is 0. The van der Waals surface area contributed by atoms with Crippen LogP contribution in [0.15, 0.2) is 16.9 Å². The van der Waals surface area contributed by atoms with E-state index < -0.39 is 0 Å². The zero-order valence-electron chi connectivity index (χ0n) is 6.82. The highest BCUT2D eigenvalue weighted by Gasteiger charge is 2.50. The fourth-order valence-electron chi connectivity index (χ4n) is 2.33. The molecule has 3 heterocycles. The Kier molecular flexibility index (Phi) is 1.17. The lowest BCUT2D eigenvalue weighted by atomic mass is 9.88. The van der Waals surface area contributed by atoms with Gasteiger partial charge in [0.15, 0.2) is 0 Å². The minimum atomic E-state index is -0.145. The van der Waals surface area contributed by atoms with Crippen molar-refractivity contribution in [3.8, 4) is 0 Å². The van der Waals surface area contributed by atoms with Crippen LogP contribution in [0.5, 0.6) is 0 Å². The lowest BCUT2D eigenvalue weighted by molar-refractivity contribution is -0.0103. The topological polar surface area (TPSA) is 35.3 Å². The van der Waals surface area contributed by atoms with Crippen LogP contribution in [0.3, 0.4) is 0 Å². The standard InChI is InChI=1S/C9H11NO2/c1-3-9(4-2-7(1)12-9)8-10-5-6-11-8/h5-7H,1-4H2. The van der Waals surface area contributed by atoms with Gasteiger partial charge in [0, 0.05) is 0 Å². The monoisotopic (exact) mass is 165 g/mol. The molecule has 0 saturated carbocycles. The van der Waals surface area contributed by atoms with E-state index in [0.717, 1.165) is 18.7 Å². The minimum Gasteiger partial charge on any atom is -0.446 e. The molecule has 0 aromatic carbocycles. The molecule has 0 amide bonds. The smallest absolute Gasteiger partial charge is 0.226 e. The van der Waals surface area contributed by atoms with Gasteiger partial charge in [-0.3, -0.25) is 0 Å². The first-order valence-electron chi connectivity index (χ1n) is 4.47. The minimum absolute atomic E-state index is 0.145. The van der Waals surface area contributed by atoms with Crippen LogP contribution < -0.4 is 0 Å². The molecule has 0 N–H and O–H groups in total. The molecule has 3 nitrogen and oxygen atoms in total. The largest absolute Gasteiger partial charge is 0.446 e. The molecule has 1 aromatic rings. The van der Waals surface area contributed by atoms with Gasteiger partial charge in [0.1, 0.15) is 11.9 Å². The van der Waals surface area contributed by atoms with E-state index in [4.69, 9.17) is 9.15 Å². The molecule has 1 aromatic heterocycles. The fraction of sp³-hybridized carbons (Fsp3) is 0.667. The average Bonchev–Trinajstić information content (AvgIpc) is 2.82. The zero-order chi connectivity index (χ0) is 8.02. The first-order chi connectivity index (χ1) is 5.89. The van der Waals surface area contributed by atoms with E-state index in [-0.39, 0.29) is 5.60 Å². The Morgan fingerprint density at radius 3 is 2.75 bits per heavy atom. The van der Waals surface area contributed by atoms with E-state index >= 15 is 0 Å². The van der Waals surface area contributed by atoms with Crippen LogP contribution in [0.2, 0.25) is 0 Å². The maximum atomic E-state index is 5.85. The number of oxazole rings is 1. The Morgan fingerprint density at radius 2 is 2.25 bits per heavy atom. The lowest BCUT2D eigenvalue weighted by Gasteiger charge is -2.19. The number of rotatable bonds is 1. The van der Waals surface area contributed by atoms with E-state index in [1.54, 1.807) is 12.5 Å². The highest BCUT2D eigenvalue weighted by atomic mass is 16.5. The number of nitrogens with zero attached hydrogens (tertiary/aromatic N) is 1. The van der Waals surface area contributed by atoms with Crippen LogP contribution in [-0.4, -0.2) is 11.1 Å². The van der Waals surface area contributed by atoms with Crippen molar-refractivity contribution in [3.05, 3.63) is 18.4 Å². The highest BCUT2D eigenvalue weighted by Crippen LogP contribution is 2.49. The molecule has 0 unspecified atom stereocenters. The molecule has 2 aliphatic heterocycles. The number of aromatic nitrogens is 1. The normalized spacial score (nSPS) is 39.2. The molecule has 0 aliphatic carbocycles. The van der Waals surface area contributed by atoms with Crippen LogP contribution in [0, 0.1) is 0 Å². The molecule has 2 aliphatic rings. The maximum absolute atomic E-state index is 5.85. The zero-order valence-corrected chi connectivity index (χ0v) is 6.82. The SMILES string of the molecule is c1coc(C23CCC(CC2)O3)n1. The number of fused-ring (bicyclic) bond motifs is 2. The van der Waals surface area contributed by atoms with Crippen molar-refractivity contribution < 1.29 is 9.15 Å². The van der Waals surface area contributed by atoms with Gasteiger partial charge in [-0.2, -0.15) is 0 Å². The Bertz CT molecular complexity index is 273. The van der Waals surface area contributed by atoms with E-state index in [0.29, 0.717) is 6.10 Å². The van der Waals surface area contributed by atoms with Gasteiger partial charge < -0.3 is 9.15 Å². The second-order valence-electron chi connectivity index (χ2n) is 3.65. The summed E-state index contributed by atoms with van der Waals surface area (Å²) in [6.45, 7) is 0. The summed E-state index contributed by atoms with van der Waals surface area (Å²) < 4.78 is 11.2. The Morgan fingerprint density at radius 1 is 1.42 bits per heavy atom. The number of hydrogen-bond donors (Lipinski definition) is 0. The van der Waals surface area contributed by atoms with E-state index in [9.17, 15) is 0 Å². The average molecular weight is 165 g/mol. The lowest BCUT2D eigenvalue weighted by Crippen LogP contribution is -2.21. The third-order valence-electron chi connectivity index (χ3n) is 2.95. The van der Waals surface area contributed by atoms with Gasteiger partial charge in [-0.25, -0.2) is 4.98 Å². The van der Waals surface area contributed by atoms with Gasteiger partial charge in [0.2, 0.25) is 5.89 Å². The summed E-state index contributed by atoms with van der Waals surface area (Å²) in [4.78, 5) is 4.18. The van der Waals surface area contributed by atoms with Gasteiger partial charge >= 0.3 is 0 Å². The van der Waals surface area contributed by atoms with Crippen LogP contribution in [0.1, 0.15) is 31.6 Å². The van der Waals surface area contributed by atoms with Crippen molar-refractivity contribution in [2.75, 3.05) is 0 Å². The van der Waals surface area contributed by atoms with Gasteiger partial charge in [-0.1, -0.05) is 0 Å². The van der Waals surface area contributed by atoms with Gasteiger partial charge in [-0.05, 0) is 25.7 Å². The third-order valence-corrected chi connectivity index (χ3v) is 2.95. The summed E-state index contributed by atoms with van der Waals surface area (Å²) in [6.07, 6.45) is 8.29. The van der Waals surface area contributed by atoms with Gasteiger partial charge in [0.25, 0.3) is 0 Å². The quantitative estimate of drug-likeness (QED) is 0.637. The summed E-state index contributed by atoms with van der Waals surface area (Å²) in [5, 5.41) is 0. The van der Waals surface area contributed by atoms with Crippen LogP contribution >= 0.6 is 0 Å². The maximum Gasteiger partial charge on any atom is 0.226 e. The van der Waals surface area contributed by atoms with Gasteiger partial charge in [-0.15, -0.1) is 0 Å². The van der Waals surface area contributed by atoms with Crippen molar-refractivity contribution in [2.45, 2.75) is 37.4 Å². The van der Waals surface area contributed by atoms with Crippen molar-refractivity contribution in [1.82, 2.24) is 4.98 Å². The summed E-state index contributed by atoms with van der Waals surface area (Å²) in [6, 6.07) is 0. The fourth-order valence-corrected chi connectivity index (χ4v) is 2.33. The van der Waals surface area contributed by atoms with E-state index in [1.807, 2.05) is 0 Å². The highest BCUT2D eigenvalue weighted by molar-refractivity contribution is 5.06. The first-order valence-corrected chi connectivity index (χ1v) is 4.47. The van der Waals surface area contributed by atoms with Gasteiger partial charge in [0.05, 0.1) is 12.3 Å². The van der Waals surface area contributed by atoms with Crippen molar-refractivity contribution in [3.63, 3.8) is 0 Å². The summed E-state index contributed by atoms with van der Waals surface area (Å²) in [5.74, 6) is 0.780. The molecule has 3 heteroatoms. The number of hydrogen-bond acceptors (Lipinski definition) is 3. The molecule has 12 heavy (non-hydrogen) atoms. The molecule has 0 spiro atoms. The van der Waals surface area contributed by atoms with E-state index in [2.05, 4.69) is 4.98 Å². The molecule has 0 radical (unpaired) electrons. The molecule has 3 rings (SSSR count). The molecule has 2 fully saturated rings. The molecule has 2 bridgehead atoms. The molecule has 2 saturated heterocycles. The molecular formula is C9H11NO2. The predicted molar refractivity (Wildman–Crippen MR) is 41.5 cm³/mol. The molecule has 64 valence electrons. The Hall–Kier alpha value is -0.830. The van der Waals surface area contributed by atoms with Crippen LogP contribution in [0.4, 0.5) is 0 Å². The second-order valence-corrected chi connectivity index (χ2v) is 3.65. The van der Waals surface area contributed by atoms with Crippen molar-refractivity contribution >= 4 is 0 Å². The van der Waals surface area contributed by atoms with Crippen LogP contribution in [-0.2, 0) is 10.3 Å². The second kappa shape index (κ2) is 2.10. The third kappa shape index (κ3) is 0.719. The van der Waals surface area contributed by atoms with Crippen LogP contribution in [0.25, 0.3) is 0 Å². The van der Waals surface area contributed by atoms with E-state index in [1.165, 1.54) is 12.8 Å². The molecule has 0 atom stereocenters. The summed E-state index contributed by atoms with van der Waals surface area (Å²) in [5.41, 5.74) is -0.145. The first kappa shape index (κ1) is 6.66. The Labute approximate surface area is 70.7 Å². The summed E-state index contributed by atoms with van der Waals surface area (Å²) >= 11 is 0. The van der Waals surface area contributed by atoms with Crippen molar-refractivity contribution in [2.24, 2.45) is 0 Å².